The molecule has 1 fully saturated rings. The molecule has 1 heterocycles. The van der Waals surface area contributed by atoms with Crippen LogP contribution in [0.1, 0.15) is 23.2 Å². The van der Waals surface area contributed by atoms with Gasteiger partial charge in [-0.25, -0.2) is 13.2 Å². The number of carboxylic acids is 1. The number of carbonyl (C=O) groups is 1. The molecule has 0 radical (unpaired) electrons. The summed E-state index contributed by atoms with van der Waals surface area (Å²) in [6.45, 7) is 3.03. The van der Waals surface area contributed by atoms with Gasteiger partial charge in [0.15, 0.2) is 0 Å². The Labute approximate surface area is 125 Å². The van der Waals surface area contributed by atoms with Crippen LogP contribution in [0.15, 0.2) is 29.2 Å². The second kappa shape index (κ2) is 6.55. The van der Waals surface area contributed by atoms with Crippen molar-refractivity contribution in [3.8, 4) is 0 Å². The van der Waals surface area contributed by atoms with Crippen molar-refractivity contribution in [2.45, 2.75) is 17.7 Å². The summed E-state index contributed by atoms with van der Waals surface area (Å²) < 4.78 is 26.2. The van der Waals surface area contributed by atoms with Gasteiger partial charge in [-0.3, -0.25) is 0 Å². The van der Waals surface area contributed by atoms with E-state index >= 15 is 0 Å². The molecule has 6 nitrogen and oxygen atoms in total. The van der Waals surface area contributed by atoms with Gasteiger partial charge in [0.25, 0.3) is 0 Å². The number of nitrogens with zero attached hydrogens (tertiary/aromatic N) is 2. The van der Waals surface area contributed by atoms with Gasteiger partial charge in [-0.2, -0.15) is 4.31 Å². The van der Waals surface area contributed by atoms with Crippen LogP contribution in [0.2, 0.25) is 0 Å². The van der Waals surface area contributed by atoms with Gasteiger partial charge >= 0.3 is 5.97 Å². The van der Waals surface area contributed by atoms with Crippen LogP contribution >= 0.6 is 0 Å². The molecule has 1 aliphatic rings. The Kier molecular flexibility index (Phi) is 4.97. The first-order valence-corrected chi connectivity index (χ1v) is 8.38. The predicted octanol–water partition coefficient (Wildman–Crippen LogP) is 1.10. The van der Waals surface area contributed by atoms with E-state index in [0.717, 1.165) is 25.9 Å². The lowest BCUT2D eigenvalue weighted by molar-refractivity contribution is 0.0692. The third-order valence-corrected chi connectivity index (χ3v) is 5.65. The Morgan fingerprint density at radius 2 is 1.90 bits per heavy atom. The average molecular weight is 312 g/mol. The molecule has 0 aliphatic carbocycles. The number of likely N-dealkylation sites (tertiary alicyclic amines) is 1. The van der Waals surface area contributed by atoms with E-state index in [1.54, 1.807) is 0 Å². The second-order valence-corrected chi connectivity index (χ2v) is 7.19. The maximum absolute atomic E-state index is 12.5. The first-order chi connectivity index (χ1) is 9.93. The maximum Gasteiger partial charge on any atom is 0.337 e. The summed E-state index contributed by atoms with van der Waals surface area (Å²) >= 11 is 0. The normalized spacial score (nSPS) is 16.5. The molecule has 0 spiro atoms. The summed E-state index contributed by atoms with van der Waals surface area (Å²) in [4.78, 5) is 13.2. The zero-order valence-electron chi connectivity index (χ0n) is 12.0. The van der Waals surface area contributed by atoms with Crippen molar-refractivity contribution in [2.75, 3.05) is 33.2 Å². The van der Waals surface area contributed by atoms with Crippen molar-refractivity contribution in [3.63, 3.8) is 0 Å². The van der Waals surface area contributed by atoms with Crippen LogP contribution in [0.25, 0.3) is 0 Å². The van der Waals surface area contributed by atoms with Gasteiger partial charge in [0, 0.05) is 20.1 Å². The minimum atomic E-state index is -3.78. The van der Waals surface area contributed by atoms with Crippen molar-refractivity contribution in [2.24, 2.45) is 0 Å². The summed E-state index contributed by atoms with van der Waals surface area (Å²) in [5, 5.41) is 9.12. The highest BCUT2D eigenvalue weighted by Crippen LogP contribution is 2.19. The summed E-state index contributed by atoms with van der Waals surface area (Å²) in [5.74, 6) is -1.23. The van der Waals surface area contributed by atoms with E-state index in [1.807, 2.05) is 0 Å². The second-order valence-electron chi connectivity index (χ2n) is 5.18. The topological polar surface area (TPSA) is 77.9 Å². The number of aromatic carboxylic acids is 1. The van der Waals surface area contributed by atoms with Crippen molar-refractivity contribution < 1.29 is 18.3 Å². The Hall–Kier alpha value is -1.44. The molecular formula is C14H20N2O4S. The molecule has 7 heteroatoms. The SMILES string of the molecule is CN(CCN1CCCC1)S(=O)(=O)c1ccccc1C(=O)O. The molecule has 0 saturated carbocycles. The van der Waals surface area contributed by atoms with Crippen molar-refractivity contribution in [3.05, 3.63) is 29.8 Å². The molecule has 0 bridgehead atoms. The molecule has 0 aromatic heterocycles. The fourth-order valence-electron chi connectivity index (χ4n) is 2.44. The third kappa shape index (κ3) is 3.61. The van der Waals surface area contributed by atoms with Gasteiger partial charge in [-0.1, -0.05) is 12.1 Å². The van der Waals surface area contributed by atoms with E-state index in [9.17, 15) is 13.2 Å². The Balaban J connectivity index is 2.15. The van der Waals surface area contributed by atoms with Gasteiger partial charge < -0.3 is 10.0 Å². The molecule has 0 atom stereocenters. The highest BCUT2D eigenvalue weighted by molar-refractivity contribution is 7.89. The van der Waals surface area contributed by atoms with E-state index in [4.69, 9.17) is 5.11 Å². The van der Waals surface area contributed by atoms with Gasteiger partial charge in [0.05, 0.1) is 10.5 Å². The van der Waals surface area contributed by atoms with Crippen molar-refractivity contribution >= 4 is 16.0 Å². The number of sulfonamides is 1. The van der Waals surface area contributed by atoms with Gasteiger partial charge in [-0.15, -0.1) is 0 Å². The Bertz CT molecular complexity index is 609. The minimum Gasteiger partial charge on any atom is -0.478 e. The molecule has 0 amide bonds. The van der Waals surface area contributed by atoms with Crippen LogP contribution in [-0.2, 0) is 10.0 Å². The highest BCUT2D eigenvalue weighted by atomic mass is 32.2. The van der Waals surface area contributed by atoms with Crippen molar-refractivity contribution in [1.29, 1.82) is 0 Å². The first kappa shape index (κ1) is 15.9. The Morgan fingerprint density at radius 3 is 2.52 bits per heavy atom. The quantitative estimate of drug-likeness (QED) is 0.851. The fourth-order valence-corrected chi connectivity index (χ4v) is 3.79. The number of hydrogen-bond acceptors (Lipinski definition) is 4. The van der Waals surface area contributed by atoms with Crippen LogP contribution < -0.4 is 0 Å². The van der Waals surface area contributed by atoms with Crippen LogP contribution in [0, 0.1) is 0 Å². The minimum absolute atomic E-state index is 0.151. The van der Waals surface area contributed by atoms with Crippen LogP contribution in [0.5, 0.6) is 0 Å². The van der Waals surface area contributed by atoms with E-state index in [0.29, 0.717) is 13.1 Å². The lowest BCUT2D eigenvalue weighted by Crippen LogP contribution is -2.35. The van der Waals surface area contributed by atoms with Gasteiger partial charge in [0.2, 0.25) is 10.0 Å². The smallest absolute Gasteiger partial charge is 0.337 e. The Morgan fingerprint density at radius 1 is 1.29 bits per heavy atom. The summed E-state index contributed by atoms with van der Waals surface area (Å²) in [6.07, 6.45) is 2.30. The molecular weight excluding hydrogens is 292 g/mol. The summed E-state index contributed by atoms with van der Waals surface area (Å²) in [6, 6.07) is 5.70. The molecule has 116 valence electrons. The van der Waals surface area contributed by atoms with E-state index < -0.39 is 16.0 Å². The fraction of sp³-hybridized carbons (Fsp3) is 0.500. The number of benzene rings is 1. The zero-order chi connectivity index (χ0) is 15.5. The molecule has 1 aromatic carbocycles. The van der Waals surface area contributed by atoms with Crippen LogP contribution in [0.4, 0.5) is 0 Å². The van der Waals surface area contributed by atoms with Crippen molar-refractivity contribution in [1.82, 2.24) is 9.21 Å². The number of carboxylic acid groups (broad SMARTS) is 1. The lowest BCUT2D eigenvalue weighted by Gasteiger charge is -2.21. The first-order valence-electron chi connectivity index (χ1n) is 6.94. The van der Waals surface area contributed by atoms with Crippen LogP contribution in [0.3, 0.4) is 0 Å². The van der Waals surface area contributed by atoms with E-state index in [-0.39, 0.29) is 10.5 Å². The molecule has 21 heavy (non-hydrogen) atoms. The average Bonchev–Trinajstić information content (AvgIpc) is 2.97. The molecule has 2 rings (SSSR count). The van der Waals surface area contributed by atoms with E-state index in [1.165, 1.54) is 35.6 Å². The van der Waals surface area contributed by atoms with E-state index in [2.05, 4.69) is 4.90 Å². The van der Waals surface area contributed by atoms with Gasteiger partial charge in [-0.05, 0) is 38.1 Å². The molecule has 1 aliphatic heterocycles. The largest absolute Gasteiger partial charge is 0.478 e. The highest BCUT2D eigenvalue weighted by Gasteiger charge is 2.26. The number of rotatable bonds is 6. The monoisotopic (exact) mass is 312 g/mol. The standard InChI is InChI=1S/C14H20N2O4S/c1-15(10-11-16-8-4-5-9-16)21(19,20)13-7-3-2-6-12(13)14(17)18/h2-3,6-7H,4-5,8-11H2,1H3,(H,17,18). The zero-order valence-corrected chi connectivity index (χ0v) is 12.8. The number of likely N-dealkylation sites (N-methyl/N-ethyl adjacent to an activating group) is 1. The number of hydrogen-bond donors (Lipinski definition) is 1. The molecule has 1 saturated heterocycles. The maximum atomic E-state index is 12.5. The third-order valence-electron chi connectivity index (χ3n) is 3.74. The summed E-state index contributed by atoms with van der Waals surface area (Å²) in [5.41, 5.74) is -0.189. The lowest BCUT2D eigenvalue weighted by atomic mass is 10.2. The molecule has 1 N–H and O–H groups in total. The molecule has 0 unspecified atom stereocenters. The van der Waals surface area contributed by atoms with Gasteiger partial charge in [0.1, 0.15) is 0 Å². The summed E-state index contributed by atoms with van der Waals surface area (Å²) in [7, 11) is -2.29. The molecule has 1 aromatic rings. The van der Waals surface area contributed by atoms with Crippen LogP contribution in [-0.4, -0.2) is 61.9 Å². The predicted molar refractivity (Wildman–Crippen MR) is 78.9 cm³/mol.